The van der Waals surface area contributed by atoms with Gasteiger partial charge in [-0.25, -0.2) is 0 Å². The first-order valence-corrected chi connectivity index (χ1v) is 6.95. The normalized spacial score (nSPS) is 10.2. The van der Waals surface area contributed by atoms with Crippen LogP contribution in [0.1, 0.15) is 17.3 Å². The zero-order chi connectivity index (χ0) is 14.5. The predicted octanol–water partition coefficient (Wildman–Crippen LogP) is 4.28. The third-order valence-electron chi connectivity index (χ3n) is 2.60. The SMILES string of the molecule is CCOc1cccc(NC(=O)c2cc(S)ccc2Cl)c1. The molecule has 0 aliphatic rings. The number of benzene rings is 2. The average Bonchev–Trinajstić information content (AvgIpc) is 2.42. The van der Waals surface area contributed by atoms with Crippen LogP contribution >= 0.6 is 24.2 Å². The molecule has 0 atom stereocenters. The fourth-order valence-electron chi connectivity index (χ4n) is 1.72. The third-order valence-corrected chi connectivity index (χ3v) is 3.21. The second-order valence-electron chi connectivity index (χ2n) is 4.08. The highest BCUT2D eigenvalue weighted by atomic mass is 35.5. The van der Waals surface area contributed by atoms with Crippen molar-refractivity contribution in [2.75, 3.05) is 11.9 Å². The summed E-state index contributed by atoms with van der Waals surface area (Å²) < 4.78 is 5.39. The van der Waals surface area contributed by atoms with Crippen molar-refractivity contribution in [1.82, 2.24) is 0 Å². The first-order chi connectivity index (χ1) is 9.60. The monoisotopic (exact) mass is 307 g/mol. The van der Waals surface area contributed by atoms with Crippen LogP contribution in [0.4, 0.5) is 5.69 Å². The molecule has 0 aliphatic heterocycles. The molecule has 0 fully saturated rings. The van der Waals surface area contributed by atoms with E-state index in [1.807, 2.05) is 19.1 Å². The Kier molecular flexibility index (Phi) is 4.93. The van der Waals surface area contributed by atoms with Crippen molar-refractivity contribution in [2.45, 2.75) is 11.8 Å². The number of amides is 1. The first-order valence-electron chi connectivity index (χ1n) is 6.13. The maximum Gasteiger partial charge on any atom is 0.257 e. The standard InChI is InChI=1S/C15H14ClNO2S/c1-2-19-11-5-3-4-10(8-11)17-15(18)13-9-12(20)6-7-14(13)16/h3-9,20H,2H2,1H3,(H,17,18). The molecular weight excluding hydrogens is 294 g/mol. The number of rotatable bonds is 4. The summed E-state index contributed by atoms with van der Waals surface area (Å²) in [6.45, 7) is 2.48. The number of carbonyl (C=O) groups excluding carboxylic acids is 1. The summed E-state index contributed by atoms with van der Waals surface area (Å²) in [6.07, 6.45) is 0. The molecule has 0 radical (unpaired) electrons. The van der Waals surface area contributed by atoms with Crippen LogP contribution in [0.2, 0.25) is 5.02 Å². The number of hydrogen-bond acceptors (Lipinski definition) is 3. The summed E-state index contributed by atoms with van der Waals surface area (Å²) in [4.78, 5) is 12.9. The minimum absolute atomic E-state index is 0.278. The molecule has 2 aromatic carbocycles. The van der Waals surface area contributed by atoms with Crippen LogP contribution in [0, 0.1) is 0 Å². The number of ether oxygens (including phenoxy) is 1. The zero-order valence-electron chi connectivity index (χ0n) is 10.9. The van der Waals surface area contributed by atoms with Crippen molar-refractivity contribution >= 4 is 35.8 Å². The van der Waals surface area contributed by atoms with Gasteiger partial charge in [-0.3, -0.25) is 4.79 Å². The van der Waals surface area contributed by atoms with E-state index in [0.717, 1.165) is 0 Å². The minimum Gasteiger partial charge on any atom is -0.494 e. The second-order valence-corrected chi connectivity index (χ2v) is 5.00. The van der Waals surface area contributed by atoms with Crippen LogP contribution in [-0.2, 0) is 0 Å². The second kappa shape index (κ2) is 6.68. The van der Waals surface area contributed by atoms with Crippen LogP contribution in [-0.4, -0.2) is 12.5 Å². The smallest absolute Gasteiger partial charge is 0.257 e. The van der Waals surface area contributed by atoms with Gasteiger partial charge < -0.3 is 10.1 Å². The summed E-state index contributed by atoms with van der Waals surface area (Å²) in [6, 6.07) is 12.2. The molecule has 2 rings (SSSR count). The van der Waals surface area contributed by atoms with Gasteiger partial charge in [0.15, 0.2) is 0 Å². The molecule has 0 aliphatic carbocycles. The quantitative estimate of drug-likeness (QED) is 0.827. The average molecular weight is 308 g/mol. The Balaban J connectivity index is 2.19. The Morgan fingerprint density at radius 2 is 2.10 bits per heavy atom. The number of thiol groups is 1. The van der Waals surface area contributed by atoms with Gasteiger partial charge in [0.05, 0.1) is 17.2 Å². The van der Waals surface area contributed by atoms with Crippen LogP contribution in [0.25, 0.3) is 0 Å². The summed E-state index contributed by atoms with van der Waals surface area (Å²) in [7, 11) is 0. The molecule has 0 saturated carbocycles. The van der Waals surface area contributed by atoms with Crippen molar-refractivity contribution in [2.24, 2.45) is 0 Å². The third kappa shape index (κ3) is 3.68. The highest BCUT2D eigenvalue weighted by Gasteiger charge is 2.11. The molecular formula is C15H14ClNO2S. The molecule has 104 valence electrons. The lowest BCUT2D eigenvalue weighted by Crippen LogP contribution is -2.12. The number of halogens is 1. The topological polar surface area (TPSA) is 38.3 Å². The maximum absolute atomic E-state index is 12.2. The van der Waals surface area contributed by atoms with Crippen molar-refractivity contribution in [3.05, 3.63) is 53.1 Å². The molecule has 5 heteroatoms. The molecule has 1 N–H and O–H groups in total. The van der Waals surface area contributed by atoms with Crippen molar-refractivity contribution in [3.63, 3.8) is 0 Å². The minimum atomic E-state index is -0.278. The van der Waals surface area contributed by atoms with E-state index in [1.54, 1.807) is 30.3 Å². The Morgan fingerprint density at radius 1 is 1.30 bits per heavy atom. The first kappa shape index (κ1) is 14.8. The van der Waals surface area contributed by atoms with E-state index in [2.05, 4.69) is 17.9 Å². The predicted molar refractivity (Wildman–Crippen MR) is 84.3 cm³/mol. The van der Waals surface area contributed by atoms with Gasteiger partial charge in [-0.2, -0.15) is 0 Å². The lowest BCUT2D eigenvalue weighted by Gasteiger charge is -2.09. The maximum atomic E-state index is 12.2. The molecule has 3 nitrogen and oxygen atoms in total. The molecule has 0 bridgehead atoms. The lowest BCUT2D eigenvalue weighted by atomic mass is 10.2. The van der Waals surface area contributed by atoms with Gasteiger partial charge in [0.25, 0.3) is 5.91 Å². The summed E-state index contributed by atoms with van der Waals surface area (Å²) >= 11 is 10.2. The van der Waals surface area contributed by atoms with E-state index in [4.69, 9.17) is 16.3 Å². The molecule has 0 spiro atoms. The Bertz CT molecular complexity index is 631. The van der Waals surface area contributed by atoms with Gasteiger partial charge in [0, 0.05) is 16.6 Å². The van der Waals surface area contributed by atoms with E-state index in [1.165, 1.54) is 0 Å². The van der Waals surface area contributed by atoms with E-state index in [9.17, 15) is 4.79 Å². The molecule has 0 aromatic heterocycles. The largest absolute Gasteiger partial charge is 0.494 e. The highest BCUT2D eigenvalue weighted by molar-refractivity contribution is 7.80. The van der Waals surface area contributed by atoms with Gasteiger partial charge in [0.1, 0.15) is 5.75 Å². The van der Waals surface area contributed by atoms with Gasteiger partial charge in [-0.1, -0.05) is 17.7 Å². The van der Waals surface area contributed by atoms with Crippen LogP contribution in [0.5, 0.6) is 5.75 Å². The van der Waals surface area contributed by atoms with Crippen molar-refractivity contribution < 1.29 is 9.53 Å². The van der Waals surface area contributed by atoms with Gasteiger partial charge in [-0.05, 0) is 37.3 Å². The van der Waals surface area contributed by atoms with Crippen LogP contribution in [0.3, 0.4) is 0 Å². The number of anilines is 1. The molecule has 20 heavy (non-hydrogen) atoms. The van der Waals surface area contributed by atoms with E-state index >= 15 is 0 Å². The molecule has 0 heterocycles. The van der Waals surface area contributed by atoms with E-state index in [0.29, 0.717) is 33.5 Å². The van der Waals surface area contributed by atoms with E-state index < -0.39 is 0 Å². The summed E-state index contributed by atoms with van der Waals surface area (Å²) in [5, 5.41) is 3.18. The highest BCUT2D eigenvalue weighted by Crippen LogP contribution is 2.22. The van der Waals surface area contributed by atoms with Gasteiger partial charge in [-0.15, -0.1) is 12.6 Å². The fourth-order valence-corrected chi connectivity index (χ4v) is 2.12. The molecule has 0 saturated heterocycles. The summed E-state index contributed by atoms with van der Waals surface area (Å²) in [5.74, 6) is 0.430. The summed E-state index contributed by atoms with van der Waals surface area (Å²) in [5.41, 5.74) is 1.04. The Labute approximate surface area is 128 Å². The van der Waals surface area contributed by atoms with Crippen LogP contribution < -0.4 is 10.1 Å². The number of nitrogens with one attached hydrogen (secondary N) is 1. The molecule has 1 amide bonds. The molecule has 2 aromatic rings. The Hall–Kier alpha value is -1.65. The van der Waals surface area contributed by atoms with Crippen LogP contribution in [0.15, 0.2) is 47.4 Å². The fraction of sp³-hybridized carbons (Fsp3) is 0.133. The van der Waals surface area contributed by atoms with Gasteiger partial charge >= 0.3 is 0 Å². The van der Waals surface area contributed by atoms with Gasteiger partial charge in [0.2, 0.25) is 0 Å². The lowest BCUT2D eigenvalue weighted by molar-refractivity contribution is 0.102. The van der Waals surface area contributed by atoms with Crippen molar-refractivity contribution in [3.8, 4) is 5.75 Å². The van der Waals surface area contributed by atoms with E-state index in [-0.39, 0.29) is 5.91 Å². The number of hydrogen-bond donors (Lipinski definition) is 2. The molecule has 0 unspecified atom stereocenters. The van der Waals surface area contributed by atoms with Crippen molar-refractivity contribution in [1.29, 1.82) is 0 Å². The zero-order valence-corrected chi connectivity index (χ0v) is 12.5. The number of carbonyl (C=O) groups is 1. The Morgan fingerprint density at radius 3 is 2.85 bits per heavy atom.